The monoisotopic (exact) mass is 607 g/mol. The summed E-state index contributed by atoms with van der Waals surface area (Å²) in [6.45, 7) is 10.8. The number of nitrogens with one attached hydrogen (secondary N) is 1. The lowest BCUT2D eigenvalue weighted by Gasteiger charge is -2.21. The van der Waals surface area contributed by atoms with Crippen LogP contribution >= 0.6 is 0 Å². The van der Waals surface area contributed by atoms with Gasteiger partial charge >= 0.3 is 0 Å². The van der Waals surface area contributed by atoms with Gasteiger partial charge in [0.05, 0.1) is 5.69 Å². The molecule has 0 aliphatic carbocycles. The van der Waals surface area contributed by atoms with Crippen LogP contribution in [0.4, 0.5) is 0 Å². The summed E-state index contributed by atoms with van der Waals surface area (Å²) in [6.07, 6.45) is 13.8. The number of ketones is 1. The van der Waals surface area contributed by atoms with E-state index in [0.717, 1.165) is 62.6 Å². The minimum Gasteiger partial charge on any atom is -0.352 e. The summed E-state index contributed by atoms with van der Waals surface area (Å²) < 4.78 is 1.97. The van der Waals surface area contributed by atoms with Gasteiger partial charge < -0.3 is 14.6 Å². The Morgan fingerprint density at radius 1 is 0.667 bits per heavy atom. The third-order valence-electron chi connectivity index (χ3n) is 8.71. The zero-order valence-electron chi connectivity index (χ0n) is 27.8. The lowest BCUT2D eigenvalue weighted by Crippen LogP contribution is -2.27. The summed E-state index contributed by atoms with van der Waals surface area (Å²) in [7, 11) is 0. The summed E-state index contributed by atoms with van der Waals surface area (Å²) in [4.78, 5) is 29.5. The van der Waals surface area contributed by atoms with E-state index in [1.54, 1.807) is 0 Å². The predicted octanol–water partition coefficient (Wildman–Crippen LogP) is 8.71. The molecular formula is C40H53N3O2. The van der Waals surface area contributed by atoms with Crippen molar-refractivity contribution in [3.63, 3.8) is 0 Å². The average molecular weight is 608 g/mol. The number of aromatic nitrogens is 1. The highest BCUT2D eigenvalue weighted by Gasteiger charge is 2.20. The van der Waals surface area contributed by atoms with E-state index in [1.165, 1.54) is 49.9 Å². The normalized spacial score (nSPS) is 11.4. The van der Waals surface area contributed by atoms with Crippen molar-refractivity contribution < 1.29 is 9.59 Å². The smallest absolute Gasteiger partial charge is 0.251 e. The highest BCUT2D eigenvalue weighted by Crippen LogP contribution is 2.24. The first-order valence-corrected chi connectivity index (χ1v) is 17.4. The van der Waals surface area contributed by atoms with Crippen LogP contribution in [-0.2, 0) is 19.3 Å². The van der Waals surface area contributed by atoms with E-state index >= 15 is 0 Å². The molecule has 2 aromatic carbocycles. The van der Waals surface area contributed by atoms with Crippen molar-refractivity contribution in [2.24, 2.45) is 0 Å². The molecule has 0 fully saturated rings. The van der Waals surface area contributed by atoms with E-state index in [2.05, 4.69) is 61.3 Å². The molecule has 0 unspecified atom stereocenters. The fraction of sp³-hybridized carbons (Fsp3) is 0.450. The number of amides is 1. The van der Waals surface area contributed by atoms with Crippen molar-refractivity contribution in [2.45, 2.75) is 91.4 Å². The van der Waals surface area contributed by atoms with Crippen molar-refractivity contribution in [2.75, 3.05) is 26.2 Å². The lowest BCUT2D eigenvalue weighted by atomic mass is 10.00. The van der Waals surface area contributed by atoms with Crippen LogP contribution in [0.15, 0.2) is 79.0 Å². The topological polar surface area (TPSA) is 53.8 Å². The molecule has 240 valence electrons. The third-order valence-corrected chi connectivity index (χ3v) is 8.71. The minimum atomic E-state index is -0.0795. The quantitative estimate of drug-likeness (QED) is 0.0808. The molecule has 5 heteroatoms. The van der Waals surface area contributed by atoms with Crippen molar-refractivity contribution >= 4 is 17.2 Å². The zero-order valence-corrected chi connectivity index (χ0v) is 27.8. The maximum Gasteiger partial charge on any atom is 0.251 e. The number of hydrogen-bond acceptors (Lipinski definition) is 3. The molecule has 45 heavy (non-hydrogen) atoms. The zero-order chi connectivity index (χ0) is 31.9. The Balaban J connectivity index is 1.41. The molecule has 1 N–H and O–H groups in total. The Morgan fingerprint density at radius 2 is 1.31 bits per heavy atom. The van der Waals surface area contributed by atoms with Crippen molar-refractivity contribution in [3.05, 3.63) is 113 Å². The molecule has 0 saturated heterocycles. The first-order chi connectivity index (χ1) is 22.0. The third kappa shape index (κ3) is 10.2. The molecule has 2 heterocycles. The molecule has 0 saturated carbocycles. The van der Waals surface area contributed by atoms with Gasteiger partial charge in [0.25, 0.3) is 5.91 Å². The van der Waals surface area contributed by atoms with Gasteiger partial charge in [-0.15, -0.1) is 0 Å². The van der Waals surface area contributed by atoms with Gasteiger partial charge in [-0.1, -0.05) is 94.6 Å². The maximum absolute atomic E-state index is 13.9. The van der Waals surface area contributed by atoms with E-state index in [1.807, 2.05) is 53.1 Å². The summed E-state index contributed by atoms with van der Waals surface area (Å²) in [5.41, 5.74) is 6.53. The van der Waals surface area contributed by atoms with Gasteiger partial charge in [0.1, 0.15) is 0 Å². The van der Waals surface area contributed by atoms with E-state index in [-0.39, 0.29) is 11.7 Å². The number of fused-ring (bicyclic) bond motifs is 1. The summed E-state index contributed by atoms with van der Waals surface area (Å²) in [5, 5.41) is 3.06. The molecule has 0 radical (unpaired) electrons. The Morgan fingerprint density at radius 3 is 2.00 bits per heavy atom. The van der Waals surface area contributed by atoms with Crippen LogP contribution < -0.4 is 5.32 Å². The van der Waals surface area contributed by atoms with Crippen LogP contribution in [0.2, 0.25) is 0 Å². The lowest BCUT2D eigenvalue weighted by molar-refractivity contribution is 0.0952. The van der Waals surface area contributed by atoms with Crippen LogP contribution in [0.1, 0.15) is 115 Å². The van der Waals surface area contributed by atoms with Crippen LogP contribution in [0.5, 0.6) is 0 Å². The largest absolute Gasteiger partial charge is 0.352 e. The van der Waals surface area contributed by atoms with Crippen molar-refractivity contribution in [1.29, 1.82) is 0 Å². The van der Waals surface area contributed by atoms with E-state index < -0.39 is 0 Å². The molecule has 0 aliphatic heterocycles. The molecule has 0 aliphatic rings. The number of hydrogen-bond donors (Lipinski definition) is 1. The van der Waals surface area contributed by atoms with Crippen molar-refractivity contribution in [1.82, 2.24) is 14.6 Å². The second kappa shape index (κ2) is 18.3. The summed E-state index contributed by atoms with van der Waals surface area (Å²) >= 11 is 0. The van der Waals surface area contributed by atoms with E-state index in [4.69, 9.17) is 0 Å². The fourth-order valence-corrected chi connectivity index (χ4v) is 5.99. The summed E-state index contributed by atoms with van der Waals surface area (Å²) in [6, 6.07) is 24.4. The first kappa shape index (κ1) is 34.2. The SMILES string of the molecule is CCCCc1cc2cc(C(=O)NCCCc3ccccc3)ccn2c1C(=O)c1ccc(CCCN(CCCC)CCCC)cc1. The Bertz CT molecular complexity index is 1460. The number of benzene rings is 2. The van der Waals surface area contributed by atoms with Gasteiger partial charge in [-0.2, -0.15) is 0 Å². The standard InChI is InChI=1S/C40H53N3O2/c1-4-7-19-35-30-37-31-36(40(45)41-25-13-17-32-15-11-10-12-16-32)24-29-43(37)38(35)39(44)34-22-20-33(21-23-34)18-14-28-42(26-8-5-2)27-9-6-3/h10-12,15-16,20-24,29-31H,4-9,13-14,17-19,25-28H2,1-3H3,(H,41,45). The van der Waals surface area contributed by atoms with Crippen LogP contribution in [-0.4, -0.2) is 47.2 Å². The Hall–Kier alpha value is -3.70. The van der Waals surface area contributed by atoms with Gasteiger partial charge in [-0.3, -0.25) is 9.59 Å². The number of rotatable bonds is 20. The van der Waals surface area contributed by atoms with Gasteiger partial charge in [0.15, 0.2) is 0 Å². The van der Waals surface area contributed by atoms with Crippen LogP contribution in [0.25, 0.3) is 5.52 Å². The van der Waals surface area contributed by atoms with E-state index in [9.17, 15) is 9.59 Å². The highest BCUT2D eigenvalue weighted by atomic mass is 16.1. The van der Waals surface area contributed by atoms with Gasteiger partial charge in [-0.05, 0) is 106 Å². The van der Waals surface area contributed by atoms with Crippen LogP contribution in [0, 0.1) is 0 Å². The molecule has 4 aromatic rings. The fourth-order valence-electron chi connectivity index (χ4n) is 5.99. The molecular weight excluding hydrogens is 554 g/mol. The maximum atomic E-state index is 13.9. The minimum absolute atomic E-state index is 0.0380. The number of unbranched alkanes of at least 4 members (excludes halogenated alkanes) is 3. The second-order valence-corrected chi connectivity index (χ2v) is 12.4. The second-order valence-electron chi connectivity index (χ2n) is 12.4. The predicted molar refractivity (Wildman–Crippen MR) is 188 cm³/mol. The molecule has 0 atom stereocenters. The average Bonchev–Trinajstić information content (AvgIpc) is 3.44. The van der Waals surface area contributed by atoms with Gasteiger partial charge in [-0.25, -0.2) is 0 Å². The highest BCUT2D eigenvalue weighted by molar-refractivity contribution is 6.10. The molecule has 5 nitrogen and oxygen atoms in total. The molecule has 2 aromatic heterocycles. The number of pyridine rings is 1. The number of carbonyl (C=O) groups is 2. The molecule has 4 rings (SSSR count). The van der Waals surface area contributed by atoms with Gasteiger partial charge in [0.2, 0.25) is 5.78 Å². The summed E-state index contributed by atoms with van der Waals surface area (Å²) in [5.74, 6) is -0.0414. The molecule has 0 spiro atoms. The van der Waals surface area contributed by atoms with Crippen LogP contribution in [0.3, 0.4) is 0 Å². The number of carbonyl (C=O) groups excluding carboxylic acids is 2. The number of nitrogens with zero attached hydrogens (tertiary/aromatic N) is 2. The molecule has 1 amide bonds. The first-order valence-electron chi connectivity index (χ1n) is 17.4. The van der Waals surface area contributed by atoms with Crippen molar-refractivity contribution in [3.8, 4) is 0 Å². The Labute approximate surface area is 271 Å². The Kier molecular flexibility index (Phi) is 13.9. The number of aryl methyl sites for hydroxylation is 3. The molecule has 0 bridgehead atoms. The van der Waals surface area contributed by atoms with Gasteiger partial charge in [0, 0.05) is 29.4 Å². The van der Waals surface area contributed by atoms with E-state index in [0.29, 0.717) is 23.4 Å².